The lowest BCUT2D eigenvalue weighted by atomic mass is 10.0. The minimum atomic E-state index is 0.338. The van der Waals surface area contributed by atoms with E-state index in [-0.39, 0.29) is 0 Å². The molecule has 1 saturated heterocycles. The van der Waals surface area contributed by atoms with Crippen molar-refractivity contribution in [2.45, 2.75) is 38.3 Å². The van der Waals surface area contributed by atoms with Crippen molar-refractivity contribution in [2.24, 2.45) is 0 Å². The standard InChI is InChI=1S/C16H26N2O/c1-13(15-8-4-5-9-16(15)19-3)17-14-7-6-11-18(2)12-10-14/h4-5,8-9,13-14,17H,6-7,10-12H2,1-3H3/t13-,14?/m0/s1. The highest BCUT2D eigenvalue weighted by Crippen LogP contribution is 2.25. The molecule has 0 aromatic heterocycles. The highest BCUT2D eigenvalue weighted by Gasteiger charge is 2.18. The van der Waals surface area contributed by atoms with E-state index in [1.807, 2.05) is 12.1 Å². The molecule has 0 spiro atoms. The second-order valence-electron chi connectivity index (χ2n) is 5.56. The molecule has 1 heterocycles. The topological polar surface area (TPSA) is 24.5 Å². The first-order chi connectivity index (χ1) is 9.20. The van der Waals surface area contributed by atoms with Crippen molar-refractivity contribution in [3.05, 3.63) is 29.8 Å². The Morgan fingerprint density at radius 3 is 2.84 bits per heavy atom. The molecule has 2 rings (SSSR count). The molecule has 3 nitrogen and oxygen atoms in total. The number of ether oxygens (including phenoxy) is 1. The summed E-state index contributed by atoms with van der Waals surface area (Å²) in [5.41, 5.74) is 1.25. The Bertz CT molecular complexity index is 394. The van der Waals surface area contributed by atoms with E-state index in [0.29, 0.717) is 12.1 Å². The third kappa shape index (κ3) is 3.95. The Morgan fingerprint density at radius 1 is 1.26 bits per heavy atom. The predicted molar refractivity (Wildman–Crippen MR) is 79.7 cm³/mol. The van der Waals surface area contributed by atoms with Crippen LogP contribution in [0.1, 0.15) is 37.8 Å². The minimum Gasteiger partial charge on any atom is -0.496 e. The maximum absolute atomic E-state index is 5.45. The highest BCUT2D eigenvalue weighted by molar-refractivity contribution is 5.35. The van der Waals surface area contributed by atoms with E-state index in [0.717, 1.165) is 5.75 Å². The molecule has 0 bridgehead atoms. The second kappa shape index (κ2) is 6.92. The van der Waals surface area contributed by atoms with Crippen molar-refractivity contribution in [3.8, 4) is 5.75 Å². The number of likely N-dealkylation sites (tertiary alicyclic amines) is 1. The molecule has 1 aromatic carbocycles. The van der Waals surface area contributed by atoms with Gasteiger partial charge in [0.05, 0.1) is 7.11 Å². The first-order valence-corrected chi connectivity index (χ1v) is 7.28. The Morgan fingerprint density at radius 2 is 2.05 bits per heavy atom. The summed E-state index contributed by atoms with van der Waals surface area (Å²) in [6.45, 7) is 4.64. The van der Waals surface area contributed by atoms with Crippen molar-refractivity contribution in [1.29, 1.82) is 0 Å². The zero-order chi connectivity index (χ0) is 13.7. The summed E-state index contributed by atoms with van der Waals surface area (Å²) in [7, 11) is 3.96. The number of benzene rings is 1. The van der Waals surface area contributed by atoms with Gasteiger partial charge >= 0.3 is 0 Å². The van der Waals surface area contributed by atoms with Crippen LogP contribution in [0.3, 0.4) is 0 Å². The molecule has 1 aromatic rings. The van der Waals surface area contributed by atoms with E-state index in [9.17, 15) is 0 Å². The second-order valence-corrected chi connectivity index (χ2v) is 5.56. The molecule has 3 heteroatoms. The SMILES string of the molecule is COc1ccccc1[C@H](C)NC1CCCN(C)CC1. The van der Waals surface area contributed by atoms with Crippen molar-refractivity contribution < 1.29 is 4.74 Å². The smallest absolute Gasteiger partial charge is 0.123 e. The Labute approximate surface area is 116 Å². The summed E-state index contributed by atoms with van der Waals surface area (Å²) in [5, 5.41) is 3.76. The van der Waals surface area contributed by atoms with Crippen LogP contribution in [0.2, 0.25) is 0 Å². The van der Waals surface area contributed by atoms with E-state index in [1.165, 1.54) is 37.9 Å². The molecule has 0 aliphatic carbocycles. The molecule has 19 heavy (non-hydrogen) atoms. The molecule has 0 saturated carbocycles. The van der Waals surface area contributed by atoms with Gasteiger partial charge in [-0.15, -0.1) is 0 Å². The van der Waals surface area contributed by atoms with Crippen LogP contribution in [-0.4, -0.2) is 38.2 Å². The van der Waals surface area contributed by atoms with E-state index in [4.69, 9.17) is 4.74 Å². The van der Waals surface area contributed by atoms with Crippen molar-refractivity contribution in [2.75, 3.05) is 27.2 Å². The van der Waals surface area contributed by atoms with Crippen molar-refractivity contribution >= 4 is 0 Å². The molecule has 1 aliphatic heterocycles. The summed E-state index contributed by atoms with van der Waals surface area (Å²) in [6.07, 6.45) is 3.78. The summed E-state index contributed by atoms with van der Waals surface area (Å²) in [5.74, 6) is 0.980. The molecule has 106 valence electrons. The monoisotopic (exact) mass is 262 g/mol. The van der Waals surface area contributed by atoms with Gasteiger partial charge in [-0.05, 0) is 52.4 Å². The average molecular weight is 262 g/mol. The summed E-state index contributed by atoms with van der Waals surface area (Å²) >= 11 is 0. The van der Waals surface area contributed by atoms with Gasteiger partial charge in [-0.25, -0.2) is 0 Å². The predicted octanol–water partition coefficient (Wildman–Crippen LogP) is 2.83. The first-order valence-electron chi connectivity index (χ1n) is 7.28. The fraction of sp³-hybridized carbons (Fsp3) is 0.625. The van der Waals surface area contributed by atoms with Gasteiger partial charge in [0.2, 0.25) is 0 Å². The Hall–Kier alpha value is -1.06. The number of nitrogens with one attached hydrogen (secondary N) is 1. The number of hydrogen-bond donors (Lipinski definition) is 1. The van der Waals surface area contributed by atoms with E-state index < -0.39 is 0 Å². The van der Waals surface area contributed by atoms with Gasteiger partial charge in [0.25, 0.3) is 0 Å². The lowest BCUT2D eigenvalue weighted by Crippen LogP contribution is -2.32. The maximum Gasteiger partial charge on any atom is 0.123 e. The fourth-order valence-electron chi connectivity index (χ4n) is 2.87. The van der Waals surface area contributed by atoms with Gasteiger partial charge in [-0.1, -0.05) is 18.2 Å². The lowest BCUT2D eigenvalue weighted by molar-refractivity contribution is 0.339. The quantitative estimate of drug-likeness (QED) is 0.903. The molecule has 1 fully saturated rings. The number of nitrogens with zero attached hydrogens (tertiary/aromatic N) is 1. The van der Waals surface area contributed by atoms with Gasteiger partial charge in [0.1, 0.15) is 5.75 Å². The molecule has 1 N–H and O–H groups in total. The van der Waals surface area contributed by atoms with Gasteiger partial charge in [-0.2, -0.15) is 0 Å². The average Bonchev–Trinajstić information content (AvgIpc) is 2.63. The minimum absolute atomic E-state index is 0.338. The zero-order valence-electron chi connectivity index (χ0n) is 12.4. The van der Waals surface area contributed by atoms with Crippen LogP contribution in [0.15, 0.2) is 24.3 Å². The summed E-state index contributed by atoms with van der Waals surface area (Å²) < 4.78 is 5.45. The van der Waals surface area contributed by atoms with Crippen LogP contribution in [0, 0.1) is 0 Å². The normalized spacial score (nSPS) is 22.8. The summed E-state index contributed by atoms with van der Waals surface area (Å²) in [6, 6.07) is 9.25. The Balaban J connectivity index is 1.98. The van der Waals surface area contributed by atoms with Crippen LogP contribution in [0.25, 0.3) is 0 Å². The number of para-hydroxylation sites is 1. The van der Waals surface area contributed by atoms with Gasteiger partial charge in [0, 0.05) is 17.6 Å². The van der Waals surface area contributed by atoms with Gasteiger partial charge in [0.15, 0.2) is 0 Å². The van der Waals surface area contributed by atoms with Crippen LogP contribution in [0.5, 0.6) is 5.75 Å². The third-order valence-electron chi connectivity index (χ3n) is 4.04. The lowest BCUT2D eigenvalue weighted by Gasteiger charge is -2.23. The van der Waals surface area contributed by atoms with Crippen molar-refractivity contribution in [3.63, 3.8) is 0 Å². The molecular weight excluding hydrogens is 236 g/mol. The van der Waals surface area contributed by atoms with E-state index in [2.05, 4.69) is 36.3 Å². The van der Waals surface area contributed by atoms with Gasteiger partial charge < -0.3 is 15.0 Å². The molecule has 0 amide bonds. The van der Waals surface area contributed by atoms with E-state index in [1.54, 1.807) is 7.11 Å². The molecule has 2 atom stereocenters. The van der Waals surface area contributed by atoms with Crippen LogP contribution in [0.4, 0.5) is 0 Å². The summed E-state index contributed by atoms with van der Waals surface area (Å²) in [4.78, 5) is 2.43. The van der Waals surface area contributed by atoms with Gasteiger partial charge in [-0.3, -0.25) is 0 Å². The number of rotatable bonds is 4. The Kier molecular flexibility index (Phi) is 5.23. The van der Waals surface area contributed by atoms with Crippen LogP contribution in [-0.2, 0) is 0 Å². The van der Waals surface area contributed by atoms with Crippen molar-refractivity contribution in [1.82, 2.24) is 10.2 Å². The number of methoxy groups -OCH3 is 1. The zero-order valence-corrected chi connectivity index (χ0v) is 12.4. The fourth-order valence-corrected chi connectivity index (χ4v) is 2.87. The van der Waals surface area contributed by atoms with Crippen LogP contribution >= 0.6 is 0 Å². The van der Waals surface area contributed by atoms with E-state index >= 15 is 0 Å². The largest absolute Gasteiger partial charge is 0.496 e. The first kappa shape index (κ1) is 14.4. The molecule has 1 aliphatic rings. The molecule has 0 radical (unpaired) electrons. The number of hydrogen-bond acceptors (Lipinski definition) is 3. The molecular formula is C16H26N2O. The maximum atomic E-state index is 5.45. The third-order valence-corrected chi connectivity index (χ3v) is 4.04. The highest BCUT2D eigenvalue weighted by atomic mass is 16.5. The molecule has 1 unspecified atom stereocenters. The van der Waals surface area contributed by atoms with Crippen LogP contribution < -0.4 is 10.1 Å².